The molecule has 0 amide bonds. The van der Waals surface area contributed by atoms with Crippen LogP contribution < -0.4 is 0 Å². The van der Waals surface area contributed by atoms with Gasteiger partial charge in [-0.2, -0.15) is 0 Å². The maximum absolute atomic E-state index is 13.2. The maximum Gasteiger partial charge on any atom is 0.341 e. The number of hydrogen-bond acceptors (Lipinski definition) is 6. The molecule has 0 aliphatic heterocycles. The van der Waals surface area contributed by atoms with Crippen LogP contribution in [0.15, 0.2) is 35.3 Å². The lowest BCUT2D eigenvalue weighted by molar-refractivity contribution is -0.138. The van der Waals surface area contributed by atoms with Crippen LogP contribution in [0.25, 0.3) is 0 Å². The summed E-state index contributed by atoms with van der Waals surface area (Å²) >= 11 is 0. The summed E-state index contributed by atoms with van der Waals surface area (Å²) in [5.41, 5.74) is 0.350. The molecule has 1 fully saturated rings. The van der Waals surface area contributed by atoms with Gasteiger partial charge in [0.05, 0.1) is 7.11 Å². The fourth-order valence-corrected chi connectivity index (χ4v) is 5.57. The second kappa shape index (κ2) is 6.56. The Hall–Kier alpha value is -1.49. The van der Waals surface area contributed by atoms with Crippen molar-refractivity contribution in [2.45, 2.75) is 18.5 Å². The third-order valence-electron chi connectivity index (χ3n) is 4.47. The second-order valence-corrected chi connectivity index (χ2v) is 8.22. The molecule has 2 rings (SSSR count). The normalized spacial score (nSPS) is 27.1. The Morgan fingerprint density at radius 2 is 1.87 bits per heavy atom. The minimum Gasteiger partial charge on any atom is -0.468 e. The zero-order valence-corrected chi connectivity index (χ0v) is 14.7. The van der Waals surface area contributed by atoms with Crippen LogP contribution in [0.4, 0.5) is 0 Å². The molecule has 0 heterocycles. The summed E-state index contributed by atoms with van der Waals surface area (Å²) in [6.07, 6.45) is 2.23. The minimum atomic E-state index is -3.39. The van der Waals surface area contributed by atoms with Crippen molar-refractivity contribution in [2.24, 2.45) is 10.4 Å². The molecule has 6 nitrogen and oxygen atoms in total. The standard InChI is InChI=1S/C16H22NO5P/c1-15(12-17-10-14(18)20-2)11-16(15,23(19,21-3)22-4)13-8-6-5-7-9-13/h5-9,12H,10-11H2,1-4H3/t15-,16-/m0/s1. The summed E-state index contributed by atoms with van der Waals surface area (Å²) in [7, 11) is 0.696. The first-order chi connectivity index (χ1) is 10.9. The largest absolute Gasteiger partial charge is 0.468 e. The van der Waals surface area contributed by atoms with Gasteiger partial charge in [0.2, 0.25) is 0 Å². The SMILES string of the molecule is COC(=O)CN=C[C@]1(C)C[C@@]1(c1ccccc1)P(=O)(OC)OC. The molecule has 0 saturated heterocycles. The molecule has 0 aromatic heterocycles. The van der Waals surface area contributed by atoms with Gasteiger partial charge in [-0.15, -0.1) is 0 Å². The van der Waals surface area contributed by atoms with E-state index in [2.05, 4.69) is 9.73 Å². The van der Waals surface area contributed by atoms with Crippen LogP contribution >= 0.6 is 7.60 Å². The van der Waals surface area contributed by atoms with Crippen molar-refractivity contribution < 1.29 is 23.1 Å². The number of nitrogens with zero attached hydrogens (tertiary/aromatic N) is 1. The molecule has 1 aromatic rings. The molecular weight excluding hydrogens is 317 g/mol. The van der Waals surface area contributed by atoms with Gasteiger partial charge in [0.15, 0.2) is 0 Å². The summed E-state index contributed by atoms with van der Waals surface area (Å²) in [5.74, 6) is -0.419. The Morgan fingerprint density at radius 3 is 2.39 bits per heavy atom. The molecule has 0 unspecified atom stereocenters. The van der Waals surface area contributed by atoms with Crippen LogP contribution in [0.2, 0.25) is 0 Å². The summed E-state index contributed by atoms with van der Waals surface area (Å²) in [6, 6.07) is 9.48. The average Bonchev–Trinajstić information content (AvgIpc) is 3.22. The number of rotatable bonds is 7. The third-order valence-corrected chi connectivity index (χ3v) is 7.29. The number of benzene rings is 1. The smallest absolute Gasteiger partial charge is 0.341 e. The first-order valence-corrected chi connectivity index (χ1v) is 8.78. The molecule has 1 aromatic carbocycles. The Morgan fingerprint density at radius 1 is 1.26 bits per heavy atom. The highest BCUT2D eigenvalue weighted by Gasteiger charge is 2.75. The molecular formula is C16H22NO5P. The predicted molar refractivity (Wildman–Crippen MR) is 87.8 cm³/mol. The van der Waals surface area contributed by atoms with Crippen molar-refractivity contribution >= 4 is 19.8 Å². The van der Waals surface area contributed by atoms with Crippen molar-refractivity contribution in [3.63, 3.8) is 0 Å². The molecule has 0 radical (unpaired) electrons. The van der Waals surface area contributed by atoms with Crippen molar-refractivity contribution in [3.8, 4) is 0 Å². The molecule has 1 aliphatic carbocycles. The Bertz CT molecular complexity index is 639. The number of ether oxygens (including phenoxy) is 1. The molecule has 2 atom stereocenters. The van der Waals surface area contributed by atoms with Gasteiger partial charge >= 0.3 is 13.6 Å². The van der Waals surface area contributed by atoms with Crippen molar-refractivity contribution in [2.75, 3.05) is 27.9 Å². The van der Waals surface area contributed by atoms with Crippen LogP contribution in [0.1, 0.15) is 18.9 Å². The monoisotopic (exact) mass is 339 g/mol. The Kier molecular flexibility index (Phi) is 5.09. The van der Waals surface area contributed by atoms with E-state index < -0.39 is 24.1 Å². The fourth-order valence-electron chi connectivity index (χ4n) is 3.13. The highest BCUT2D eigenvalue weighted by Crippen LogP contribution is 2.83. The molecule has 126 valence electrons. The first kappa shape index (κ1) is 17.9. The lowest BCUT2D eigenvalue weighted by Gasteiger charge is -2.28. The van der Waals surface area contributed by atoms with Crippen molar-refractivity contribution in [3.05, 3.63) is 35.9 Å². The van der Waals surface area contributed by atoms with E-state index in [9.17, 15) is 9.36 Å². The molecule has 0 spiro atoms. The highest BCUT2D eigenvalue weighted by atomic mass is 31.2. The van der Waals surface area contributed by atoms with Crippen molar-refractivity contribution in [1.82, 2.24) is 0 Å². The second-order valence-electron chi connectivity index (χ2n) is 5.73. The van der Waals surface area contributed by atoms with Gasteiger partial charge in [-0.1, -0.05) is 37.3 Å². The molecule has 23 heavy (non-hydrogen) atoms. The summed E-state index contributed by atoms with van der Waals surface area (Å²) < 4.78 is 28.4. The molecule has 7 heteroatoms. The van der Waals surface area contributed by atoms with E-state index in [4.69, 9.17) is 9.05 Å². The van der Waals surface area contributed by atoms with E-state index in [-0.39, 0.29) is 6.54 Å². The van der Waals surface area contributed by atoms with Gasteiger partial charge < -0.3 is 13.8 Å². The van der Waals surface area contributed by atoms with E-state index in [0.717, 1.165) is 5.56 Å². The minimum absolute atomic E-state index is 0.0682. The van der Waals surface area contributed by atoms with Crippen LogP contribution in [-0.4, -0.2) is 40.1 Å². The quantitative estimate of drug-likeness (QED) is 0.434. The first-order valence-electron chi connectivity index (χ1n) is 7.24. The molecule has 1 aliphatic rings. The maximum atomic E-state index is 13.2. The van der Waals surface area contributed by atoms with E-state index in [0.29, 0.717) is 6.42 Å². The number of esters is 1. The molecule has 0 N–H and O–H groups in total. The topological polar surface area (TPSA) is 74.2 Å². The fraction of sp³-hybridized carbons (Fsp3) is 0.500. The van der Waals surface area contributed by atoms with Gasteiger partial charge in [0, 0.05) is 25.8 Å². The van der Waals surface area contributed by atoms with Crippen LogP contribution in [-0.2, 0) is 28.3 Å². The Balaban J connectivity index is 2.40. The number of carbonyl (C=O) groups excluding carboxylic acids is 1. The van der Waals surface area contributed by atoms with Gasteiger partial charge in [0.1, 0.15) is 11.7 Å². The zero-order valence-electron chi connectivity index (χ0n) is 13.8. The van der Waals surface area contributed by atoms with E-state index in [1.54, 1.807) is 6.21 Å². The number of hydrogen-bond donors (Lipinski definition) is 0. The Labute approximate surface area is 136 Å². The van der Waals surface area contributed by atoms with E-state index in [1.165, 1.54) is 21.3 Å². The highest BCUT2D eigenvalue weighted by molar-refractivity contribution is 7.55. The van der Waals surface area contributed by atoms with Gasteiger partial charge in [-0.25, -0.2) is 0 Å². The van der Waals surface area contributed by atoms with Crippen molar-refractivity contribution in [1.29, 1.82) is 0 Å². The lowest BCUT2D eigenvalue weighted by atomic mass is 10.0. The van der Waals surface area contributed by atoms with Gasteiger partial charge in [-0.3, -0.25) is 14.4 Å². The summed E-state index contributed by atoms with van der Waals surface area (Å²) in [4.78, 5) is 15.4. The number of aliphatic imine (C=N–C) groups is 1. The average molecular weight is 339 g/mol. The zero-order chi connectivity index (χ0) is 17.1. The van der Waals surface area contributed by atoms with Crippen LogP contribution in [0.3, 0.4) is 0 Å². The third kappa shape index (κ3) is 2.87. The summed E-state index contributed by atoms with van der Waals surface area (Å²) in [6.45, 7) is 1.87. The number of carbonyl (C=O) groups is 1. The summed E-state index contributed by atoms with van der Waals surface area (Å²) in [5, 5.41) is -0.801. The predicted octanol–water partition coefficient (Wildman–Crippen LogP) is 3.02. The molecule has 0 bridgehead atoms. The lowest BCUT2D eigenvalue weighted by Crippen LogP contribution is -2.20. The van der Waals surface area contributed by atoms with Crippen LogP contribution in [0, 0.1) is 5.41 Å². The molecule has 1 saturated carbocycles. The van der Waals surface area contributed by atoms with E-state index in [1.807, 2.05) is 37.3 Å². The van der Waals surface area contributed by atoms with E-state index >= 15 is 0 Å². The van der Waals surface area contributed by atoms with Crippen LogP contribution in [0.5, 0.6) is 0 Å². The number of methoxy groups -OCH3 is 1. The van der Waals surface area contributed by atoms with Gasteiger partial charge in [-0.05, 0) is 12.0 Å². The van der Waals surface area contributed by atoms with Gasteiger partial charge in [0.25, 0.3) is 0 Å².